The van der Waals surface area contributed by atoms with Gasteiger partial charge >= 0.3 is 0 Å². The van der Waals surface area contributed by atoms with Crippen LogP contribution in [-0.2, 0) is 4.74 Å². The normalized spacial score (nSPS) is 40.5. The van der Waals surface area contributed by atoms with E-state index in [0.29, 0.717) is 12.1 Å². The molecule has 2 rings (SSSR count). The van der Waals surface area contributed by atoms with Crippen molar-refractivity contribution in [2.75, 3.05) is 19.7 Å². The Labute approximate surface area is 125 Å². The van der Waals surface area contributed by atoms with Gasteiger partial charge in [-0.05, 0) is 39.0 Å². The molecule has 2 aliphatic rings. The third-order valence-electron chi connectivity index (χ3n) is 5.57. The molecule has 1 heterocycles. The van der Waals surface area contributed by atoms with E-state index >= 15 is 0 Å². The fourth-order valence-electron chi connectivity index (χ4n) is 4.33. The van der Waals surface area contributed by atoms with Crippen LogP contribution < -0.4 is 5.73 Å². The van der Waals surface area contributed by atoms with Crippen molar-refractivity contribution in [1.29, 1.82) is 0 Å². The Bertz CT molecular complexity index is 297. The summed E-state index contributed by atoms with van der Waals surface area (Å²) < 4.78 is 5.81. The second kappa shape index (κ2) is 7.24. The summed E-state index contributed by atoms with van der Waals surface area (Å²) in [7, 11) is 0. The fraction of sp³-hybridized carbons (Fsp3) is 1.00. The molecule has 3 nitrogen and oxygen atoms in total. The van der Waals surface area contributed by atoms with Crippen molar-refractivity contribution in [3.63, 3.8) is 0 Å². The molecule has 0 aromatic heterocycles. The summed E-state index contributed by atoms with van der Waals surface area (Å²) in [6.07, 6.45) is 9.75. The number of rotatable bonds is 4. The maximum atomic E-state index is 6.28. The van der Waals surface area contributed by atoms with Gasteiger partial charge in [-0.3, -0.25) is 4.90 Å². The van der Waals surface area contributed by atoms with E-state index in [2.05, 4.69) is 25.7 Å². The fourth-order valence-corrected chi connectivity index (χ4v) is 4.33. The zero-order valence-corrected chi connectivity index (χ0v) is 13.7. The second-order valence-corrected chi connectivity index (χ2v) is 7.16. The lowest BCUT2D eigenvalue weighted by Crippen LogP contribution is -2.62. The van der Waals surface area contributed by atoms with Gasteiger partial charge < -0.3 is 10.5 Å². The van der Waals surface area contributed by atoms with Crippen LogP contribution in [0.15, 0.2) is 0 Å². The smallest absolute Gasteiger partial charge is 0.0675 e. The number of nitrogens with two attached hydrogens (primary N) is 1. The van der Waals surface area contributed by atoms with Crippen molar-refractivity contribution >= 4 is 0 Å². The Kier molecular flexibility index (Phi) is 5.88. The van der Waals surface area contributed by atoms with Gasteiger partial charge in [0.1, 0.15) is 0 Å². The van der Waals surface area contributed by atoms with Crippen molar-refractivity contribution < 1.29 is 4.74 Å². The van der Waals surface area contributed by atoms with E-state index in [9.17, 15) is 0 Å². The molecule has 0 aromatic rings. The molecule has 3 heteroatoms. The first-order valence-corrected chi connectivity index (χ1v) is 8.69. The van der Waals surface area contributed by atoms with E-state index < -0.39 is 0 Å². The van der Waals surface area contributed by atoms with Gasteiger partial charge in [-0.1, -0.05) is 32.6 Å². The van der Waals surface area contributed by atoms with Crippen molar-refractivity contribution in [2.24, 2.45) is 11.7 Å². The van der Waals surface area contributed by atoms with Crippen LogP contribution in [0.4, 0.5) is 0 Å². The van der Waals surface area contributed by atoms with Gasteiger partial charge in [0.2, 0.25) is 0 Å². The molecule has 118 valence electrons. The largest absolute Gasteiger partial charge is 0.376 e. The minimum atomic E-state index is 0.236. The average molecular weight is 282 g/mol. The molecular formula is C17H34N2O. The van der Waals surface area contributed by atoms with Crippen LogP contribution in [0.5, 0.6) is 0 Å². The van der Waals surface area contributed by atoms with E-state index in [-0.39, 0.29) is 5.54 Å². The predicted octanol–water partition coefficient (Wildman–Crippen LogP) is 3.17. The first kappa shape index (κ1) is 16.3. The molecule has 0 amide bonds. The molecule has 0 radical (unpaired) electrons. The summed E-state index contributed by atoms with van der Waals surface area (Å²) in [6, 6.07) is 0.512. The molecule has 0 aromatic carbocycles. The predicted molar refractivity (Wildman–Crippen MR) is 84.9 cm³/mol. The van der Waals surface area contributed by atoms with Crippen LogP contribution in [-0.4, -0.2) is 42.3 Å². The van der Waals surface area contributed by atoms with Crippen LogP contribution in [0, 0.1) is 5.92 Å². The lowest BCUT2D eigenvalue weighted by atomic mass is 9.85. The first-order chi connectivity index (χ1) is 9.61. The molecular weight excluding hydrogens is 248 g/mol. The number of nitrogens with zero attached hydrogens (tertiary/aromatic N) is 1. The molecule has 0 spiro atoms. The summed E-state index contributed by atoms with van der Waals surface area (Å²) in [5, 5.41) is 0. The Balaban J connectivity index is 2.07. The highest BCUT2D eigenvalue weighted by molar-refractivity contribution is 4.98. The molecule has 1 saturated carbocycles. The maximum Gasteiger partial charge on any atom is 0.0675 e. The number of morpholine rings is 1. The summed E-state index contributed by atoms with van der Waals surface area (Å²) >= 11 is 0. The van der Waals surface area contributed by atoms with Crippen molar-refractivity contribution in [2.45, 2.75) is 83.4 Å². The van der Waals surface area contributed by atoms with Gasteiger partial charge in [0, 0.05) is 24.7 Å². The highest BCUT2D eigenvalue weighted by atomic mass is 16.5. The minimum Gasteiger partial charge on any atom is -0.376 e. The van der Waals surface area contributed by atoms with Crippen LogP contribution in [0.1, 0.15) is 65.7 Å². The number of hydrogen-bond donors (Lipinski definition) is 1. The second-order valence-electron chi connectivity index (χ2n) is 7.16. The Hall–Kier alpha value is -0.120. The van der Waals surface area contributed by atoms with Gasteiger partial charge in [0.05, 0.1) is 12.7 Å². The lowest BCUT2D eigenvalue weighted by molar-refractivity contribution is -0.0966. The van der Waals surface area contributed by atoms with E-state index in [1.807, 2.05) is 0 Å². The van der Waals surface area contributed by atoms with Crippen molar-refractivity contribution in [1.82, 2.24) is 4.90 Å². The molecule has 20 heavy (non-hydrogen) atoms. The summed E-state index contributed by atoms with van der Waals surface area (Å²) in [6.45, 7) is 9.53. The van der Waals surface area contributed by atoms with Crippen LogP contribution in [0.3, 0.4) is 0 Å². The Morgan fingerprint density at radius 2 is 2.05 bits per heavy atom. The Morgan fingerprint density at radius 1 is 1.25 bits per heavy atom. The molecule has 1 aliphatic carbocycles. The maximum absolute atomic E-state index is 6.28. The Morgan fingerprint density at radius 3 is 2.75 bits per heavy atom. The molecule has 2 N–H and O–H groups in total. The highest BCUT2D eigenvalue weighted by Crippen LogP contribution is 2.38. The highest BCUT2D eigenvalue weighted by Gasteiger charge is 2.41. The molecule has 2 fully saturated rings. The van der Waals surface area contributed by atoms with Crippen LogP contribution in [0.25, 0.3) is 0 Å². The van der Waals surface area contributed by atoms with E-state index in [0.717, 1.165) is 25.6 Å². The summed E-state index contributed by atoms with van der Waals surface area (Å²) in [5.41, 5.74) is 6.52. The standard InChI is InChI=1S/C17H34N2O/c1-4-6-16-7-5-9-17(13-18,10-8-16)19-11-15(3)20-12-14(19)2/h14-16H,4-13,18H2,1-3H3. The third-order valence-corrected chi connectivity index (χ3v) is 5.57. The molecule has 1 aliphatic heterocycles. The quantitative estimate of drug-likeness (QED) is 0.805. The van der Waals surface area contributed by atoms with Crippen LogP contribution >= 0.6 is 0 Å². The summed E-state index contributed by atoms with van der Waals surface area (Å²) in [4.78, 5) is 2.69. The topological polar surface area (TPSA) is 38.5 Å². The minimum absolute atomic E-state index is 0.236. The van der Waals surface area contributed by atoms with Gasteiger partial charge in [-0.2, -0.15) is 0 Å². The summed E-state index contributed by atoms with van der Waals surface area (Å²) in [5.74, 6) is 0.933. The third kappa shape index (κ3) is 3.55. The van der Waals surface area contributed by atoms with E-state index in [4.69, 9.17) is 10.5 Å². The molecule has 4 unspecified atom stereocenters. The van der Waals surface area contributed by atoms with E-state index in [1.165, 1.54) is 44.9 Å². The molecule has 4 atom stereocenters. The van der Waals surface area contributed by atoms with Gasteiger partial charge in [-0.25, -0.2) is 0 Å². The van der Waals surface area contributed by atoms with Crippen molar-refractivity contribution in [3.8, 4) is 0 Å². The van der Waals surface area contributed by atoms with Gasteiger partial charge in [0.25, 0.3) is 0 Å². The van der Waals surface area contributed by atoms with Gasteiger partial charge in [0.15, 0.2) is 0 Å². The van der Waals surface area contributed by atoms with Gasteiger partial charge in [-0.15, -0.1) is 0 Å². The number of hydrogen-bond acceptors (Lipinski definition) is 3. The zero-order valence-electron chi connectivity index (χ0n) is 13.7. The van der Waals surface area contributed by atoms with Crippen LogP contribution in [0.2, 0.25) is 0 Å². The molecule has 0 bridgehead atoms. The SMILES string of the molecule is CCCC1CCCC(CN)(N2CC(C)OCC2C)CC1. The lowest BCUT2D eigenvalue weighted by Gasteiger charge is -2.50. The first-order valence-electron chi connectivity index (χ1n) is 8.69. The molecule has 1 saturated heterocycles. The van der Waals surface area contributed by atoms with Crippen molar-refractivity contribution in [3.05, 3.63) is 0 Å². The zero-order chi connectivity index (χ0) is 14.6. The average Bonchev–Trinajstić information content (AvgIpc) is 2.65. The number of ether oxygens (including phenoxy) is 1. The monoisotopic (exact) mass is 282 g/mol. The van der Waals surface area contributed by atoms with E-state index in [1.54, 1.807) is 0 Å².